The van der Waals surface area contributed by atoms with E-state index in [1.54, 1.807) is 6.07 Å². The molecule has 1 aliphatic rings. The van der Waals surface area contributed by atoms with Gasteiger partial charge in [-0.2, -0.15) is 0 Å². The summed E-state index contributed by atoms with van der Waals surface area (Å²) in [4.78, 5) is 0. The van der Waals surface area contributed by atoms with Gasteiger partial charge in [-0.25, -0.2) is 0 Å². The van der Waals surface area contributed by atoms with Crippen LogP contribution in [0.25, 0.3) is 11.3 Å². The molecule has 0 radical (unpaired) electrons. The maximum absolute atomic E-state index is 10.2. The molecule has 1 aliphatic carbocycles. The summed E-state index contributed by atoms with van der Waals surface area (Å²) >= 11 is 3.39. The Hall–Kier alpha value is -1.49. The molecule has 1 aromatic heterocycles. The van der Waals surface area contributed by atoms with E-state index in [1.807, 2.05) is 6.07 Å². The Morgan fingerprint density at radius 1 is 1.28 bits per heavy atom. The number of benzene rings is 1. The van der Waals surface area contributed by atoms with Gasteiger partial charge >= 0.3 is 0 Å². The number of aromatic nitrogens is 1. The molecule has 0 bridgehead atoms. The molecule has 0 amide bonds. The molecule has 0 saturated heterocycles. The van der Waals surface area contributed by atoms with Crippen molar-refractivity contribution in [2.75, 3.05) is 5.73 Å². The first kappa shape index (κ1) is 11.6. The highest BCUT2D eigenvalue weighted by Crippen LogP contribution is 2.42. The number of nitrogens with two attached hydrogens (primary N) is 1. The van der Waals surface area contributed by atoms with Gasteiger partial charge in [-0.1, -0.05) is 5.16 Å². The second-order valence-corrected chi connectivity index (χ2v) is 5.40. The highest BCUT2D eigenvalue weighted by molar-refractivity contribution is 9.10. The minimum Gasteiger partial charge on any atom is -0.506 e. The average molecular weight is 309 g/mol. The first-order chi connectivity index (χ1) is 8.66. The molecule has 1 aromatic carbocycles. The zero-order chi connectivity index (χ0) is 12.7. The van der Waals surface area contributed by atoms with Crippen LogP contribution in [0.1, 0.15) is 24.0 Å². The van der Waals surface area contributed by atoms with Gasteiger partial charge < -0.3 is 15.4 Å². The molecule has 4 nitrogen and oxygen atoms in total. The zero-order valence-corrected chi connectivity index (χ0v) is 11.3. The topological polar surface area (TPSA) is 72.3 Å². The standard InChI is InChI=1S/C13H13BrN2O2/c14-9-5-7-3-1-2-4-8(7)12(13(9)17)10-6-11(15)18-16-10/h5-6,17H,1-4,15H2. The summed E-state index contributed by atoms with van der Waals surface area (Å²) in [6.45, 7) is 0. The van der Waals surface area contributed by atoms with Crippen LogP contribution in [-0.4, -0.2) is 10.3 Å². The van der Waals surface area contributed by atoms with Gasteiger partial charge in [0.1, 0.15) is 11.4 Å². The summed E-state index contributed by atoms with van der Waals surface area (Å²) in [5.41, 5.74) is 9.34. The van der Waals surface area contributed by atoms with Gasteiger partial charge in [0.2, 0.25) is 5.88 Å². The third-order valence-corrected chi connectivity index (χ3v) is 3.97. The van der Waals surface area contributed by atoms with Crippen molar-refractivity contribution in [2.45, 2.75) is 25.7 Å². The minimum absolute atomic E-state index is 0.212. The third-order valence-electron chi connectivity index (χ3n) is 3.36. The van der Waals surface area contributed by atoms with Gasteiger partial charge in [-0.15, -0.1) is 0 Å². The fourth-order valence-electron chi connectivity index (χ4n) is 2.54. The van der Waals surface area contributed by atoms with E-state index in [0.717, 1.165) is 30.4 Å². The summed E-state index contributed by atoms with van der Waals surface area (Å²) in [5.74, 6) is 0.470. The van der Waals surface area contributed by atoms with Crippen molar-refractivity contribution in [1.82, 2.24) is 5.16 Å². The smallest absolute Gasteiger partial charge is 0.222 e. The van der Waals surface area contributed by atoms with Gasteiger partial charge in [-0.05, 0) is 58.8 Å². The fourth-order valence-corrected chi connectivity index (χ4v) is 3.01. The quantitative estimate of drug-likeness (QED) is 0.848. The molecule has 3 N–H and O–H groups in total. The predicted molar refractivity (Wildman–Crippen MR) is 72.4 cm³/mol. The number of halogens is 1. The number of nitrogens with zero attached hydrogens (tertiary/aromatic N) is 1. The van der Waals surface area contributed by atoms with E-state index in [4.69, 9.17) is 10.3 Å². The number of hydrogen-bond donors (Lipinski definition) is 2. The van der Waals surface area contributed by atoms with E-state index in [2.05, 4.69) is 21.1 Å². The molecule has 18 heavy (non-hydrogen) atoms. The summed E-state index contributed by atoms with van der Waals surface area (Å²) in [7, 11) is 0. The Bertz CT molecular complexity index is 607. The molecule has 0 saturated carbocycles. The third kappa shape index (κ3) is 1.79. The molecule has 2 aromatic rings. The normalized spacial score (nSPS) is 14.5. The lowest BCUT2D eigenvalue weighted by Crippen LogP contribution is -2.05. The number of aromatic hydroxyl groups is 1. The van der Waals surface area contributed by atoms with Gasteiger partial charge in [0.15, 0.2) is 0 Å². The number of fused-ring (bicyclic) bond motifs is 1. The van der Waals surface area contributed by atoms with E-state index in [0.29, 0.717) is 10.2 Å². The maximum Gasteiger partial charge on any atom is 0.222 e. The number of rotatable bonds is 1. The second kappa shape index (κ2) is 4.31. The predicted octanol–water partition coefficient (Wildman–Crippen LogP) is 3.27. The van der Waals surface area contributed by atoms with Crippen LogP contribution in [0.4, 0.5) is 5.88 Å². The number of phenols is 1. The van der Waals surface area contributed by atoms with Crippen LogP contribution in [0, 0.1) is 0 Å². The monoisotopic (exact) mass is 308 g/mol. The van der Waals surface area contributed by atoms with Crippen molar-refractivity contribution in [3.05, 3.63) is 27.7 Å². The number of nitrogen functional groups attached to an aromatic ring is 1. The molecule has 94 valence electrons. The zero-order valence-electron chi connectivity index (χ0n) is 9.74. The highest BCUT2D eigenvalue weighted by Gasteiger charge is 2.22. The lowest BCUT2D eigenvalue weighted by atomic mass is 9.87. The van der Waals surface area contributed by atoms with Gasteiger partial charge in [0.25, 0.3) is 0 Å². The molecule has 3 rings (SSSR count). The van der Waals surface area contributed by atoms with E-state index in [9.17, 15) is 5.11 Å². The Balaban J connectivity index is 2.26. The van der Waals surface area contributed by atoms with E-state index >= 15 is 0 Å². The van der Waals surface area contributed by atoms with Crippen molar-refractivity contribution < 1.29 is 9.63 Å². The average Bonchev–Trinajstić information content (AvgIpc) is 2.77. The summed E-state index contributed by atoms with van der Waals surface area (Å²) < 4.78 is 5.60. The van der Waals surface area contributed by atoms with Crippen LogP contribution < -0.4 is 5.73 Å². The van der Waals surface area contributed by atoms with Crippen molar-refractivity contribution in [3.63, 3.8) is 0 Å². The molecule has 0 fully saturated rings. The lowest BCUT2D eigenvalue weighted by molar-refractivity contribution is 0.436. The van der Waals surface area contributed by atoms with Crippen LogP contribution in [0.3, 0.4) is 0 Å². The molecule has 0 spiro atoms. The lowest BCUT2D eigenvalue weighted by Gasteiger charge is -2.20. The first-order valence-corrected chi connectivity index (χ1v) is 6.72. The molecular weight excluding hydrogens is 296 g/mol. The van der Waals surface area contributed by atoms with E-state index in [1.165, 1.54) is 12.0 Å². The Morgan fingerprint density at radius 3 is 2.78 bits per heavy atom. The second-order valence-electron chi connectivity index (χ2n) is 4.54. The first-order valence-electron chi connectivity index (χ1n) is 5.92. The van der Waals surface area contributed by atoms with Crippen LogP contribution >= 0.6 is 15.9 Å². The minimum atomic E-state index is 0.212. The molecule has 1 heterocycles. The summed E-state index contributed by atoms with van der Waals surface area (Å²) in [5, 5.41) is 14.2. The van der Waals surface area contributed by atoms with E-state index < -0.39 is 0 Å². The Morgan fingerprint density at radius 2 is 2.06 bits per heavy atom. The maximum atomic E-state index is 10.2. The van der Waals surface area contributed by atoms with Crippen molar-refractivity contribution in [3.8, 4) is 17.0 Å². The number of hydrogen-bond acceptors (Lipinski definition) is 4. The number of phenolic OH excluding ortho intramolecular Hbond substituents is 1. The molecular formula is C13H13BrN2O2. The summed E-state index contributed by atoms with van der Waals surface area (Å²) in [6, 6.07) is 3.65. The Labute approximate surface area is 113 Å². The largest absolute Gasteiger partial charge is 0.506 e. The number of anilines is 1. The van der Waals surface area contributed by atoms with Crippen LogP contribution in [-0.2, 0) is 12.8 Å². The number of aryl methyl sites for hydroxylation is 1. The van der Waals surface area contributed by atoms with Crippen LogP contribution in [0.5, 0.6) is 5.75 Å². The van der Waals surface area contributed by atoms with Crippen LogP contribution in [0.15, 0.2) is 21.1 Å². The van der Waals surface area contributed by atoms with Crippen molar-refractivity contribution >= 4 is 21.8 Å². The van der Waals surface area contributed by atoms with Gasteiger partial charge in [-0.3, -0.25) is 0 Å². The van der Waals surface area contributed by atoms with Gasteiger partial charge in [0.05, 0.1) is 10.0 Å². The molecule has 0 atom stereocenters. The van der Waals surface area contributed by atoms with E-state index in [-0.39, 0.29) is 11.6 Å². The summed E-state index contributed by atoms with van der Waals surface area (Å²) in [6.07, 6.45) is 4.31. The molecule has 0 aliphatic heterocycles. The van der Waals surface area contributed by atoms with Crippen LogP contribution in [0.2, 0.25) is 0 Å². The Kier molecular flexibility index (Phi) is 2.78. The van der Waals surface area contributed by atoms with Gasteiger partial charge in [0, 0.05) is 6.07 Å². The SMILES string of the molecule is Nc1cc(-c2c(O)c(Br)cc3c2CCCC3)no1. The molecule has 0 unspecified atom stereocenters. The van der Waals surface area contributed by atoms with Crippen molar-refractivity contribution in [1.29, 1.82) is 0 Å². The molecule has 5 heteroatoms. The highest BCUT2D eigenvalue weighted by atomic mass is 79.9. The fraction of sp³-hybridized carbons (Fsp3) is 0.308. The van der Waals surface area contributed by atoms with Crippen molar-refractivity contribution in [2.24, 2.45) is 0 Å².